The maximum atomic E-state index is 11.3. The normalized spacial score (nSPS) is 16.9. The fourth-order valence-corrected chi connectivity index (χ4v) is 3.31. The molecule has 1 saturated carbocycles. The molecular weight excluding hydrogens is 316 g/mol. The fourth-order valence-electron chi connectivity index (χ4n) is 3.31. The summed E-state index contributed by atoms with van der Waals surface area (Å²) in [6, 6.07) is 6.05. The molecule has 0 aliphatic heterocycles. The van der Waals surface area contributed by atoms with E-state index in [0.29, 0.717) is 17.5 Å². The number of anilines is 1. The molecule has 0 aromatic heterocycles. The van der Waals surface area contributed by atoms with Crippen molar-refractivity contribution >= 4 is 11.6 Å². The number of benzene rings is 1. The van der Waals surface area contributed by atoms with Gasteiger partial charge in [0, 0.05) is 19.5 Å². The molecule has 0 saturated heterocycles. The summed E-state index contributed by atoms with van der Waals surface area (Å²) in [6.07, 6.45) is 8.14. The van der Waals surface area contributed by atoms with Crippen molar-refractivity contribution in [1.82, 2.24) is 5.32 Å². The molecule has 1 aromatic rings. The van der Waals surface area contributed by atoms with E-state index >= 15 is 0 Å². The van der Waals surface area contributed by atoms with E-state index in [-0.39, 0.29) is 11.9 Å². The van der Waals surface area contributed by atoms with Gasteiger partial charge >= 0.3 is 0 Å². The fraction of sp³-hybridized carbons (Fsp3) is 0.650. The third-order valence-corrected chi connectivity index (χ3v) is 4.74. The number of ether oxygens (including phenoxy) is 2. The number of carbonyl (C=O) groups excluding carboxylic acids is 1. The lowest BCUT2D eigenvalue weighted by Crippen LogP contribution is -2.25. The van der Waals surface area contributed by atoms with Crippen LogP contribution in [-0.2, 0) is 9.53 Å². The SMILES string of the molecule is COc1ccc([C@H](C)NCCOC2CCCCCC2)cc1NC(C)=O. The first kappa shape index (κ1) is 19.7. The minimum atomic E-state index is -0.104. The van der Waals surface area contributed by atoms with E-state index < -0.39 is 0 Å². The maximum absolute atomic E-state index is 11.3. The Morgan fingerprint density at radius 2 is 1.96 bits per heavy atom. The molecule has 0 bridgehead atoms. The number of carbonyl (C=O) groups is 1. The van der Waals surface area contributed by atoms with Gasteiger partial charge in [-0.05, 0) is 37.5 Å². The first-order valence-corrected chi connectivity index (χ1v) is 9.40. The van der Waals surface area contributed by atoms with Gasteiger partial charge in [-0.25, -0.2) is 0 Å². The molecule has 2 rings (SSSR count). The molecule has 2 N–H and O–H groups in total. The van der Waals surface area contributed by atoms with Crippen LogP contribution in [0.5, 0.6) is 5.75 Å². The van der Waals surface area contributed by atoms with E-state index in [1.807, 2.05) is 18.2 Å². The van der Waals surface area contributed by atoms with Crippen LogP contribution in [0.1, 0.15) is 64.0 Å². The molecule has 25 heavy (non-hydrogen) atoms. The summed E-state index contributed by atoms with van der Waals surface area (Å²) >= 11 is 0. The predicted octanol–water partition coefficient (Wildman–Crippen LogP) is 4.04. The number of nitrogens with one attached hydrogen (secondary N) is 2. The second-order valence-corrected chi connectivity index (χ2v) is 6.80. The molecule has 1 fully saturated rings. The van der Waals surface area contributed by atoms with Gasteiger partial charge in [-0.2, -0.15) is 0 Å². The van der Waals surface area contributed by atoms with E-state index in [0.717, 1.165) is 18.7 Å². The average Bonchev–Trinajstić information content (AvgIpc) is 2.86. The van der Waals surface area contributed by atoms with Crippen LogP contribution in [-0.4, -0.2) is 32.3 Å². The summed E-state index contributed by atoms with van der Waals surface area (Å²) in [5.74, 6) is 0.565. The molecule has 140 valence electrons. The van der Waals surface area contributed by atoms with E-state index in [9.17, 15) is 4.79 Å². The van der Waals surface area contributed by atoms with Crippen molar-refractivity contribution in [2.24, 2.45) is 0 Å². The average molecular weight is 348 g/mol. The van der Waals surface area contributed by atoms with Crippen LogP contribution >= 0.6 is 0 Å². The molecule has 5 heteroatoms. The topological polar surface area (TPSA) is 59.6 Å². The van der Waals surface area contributed by atoms with Gasteiger partial charge in [0.25, 0.3) is 0 Å². The van der Waals surface area contributed by atoms with E-state index in [2.05, 4.69) is 17.6 Å². The molecule has 1 amide bonds. The monoisotopic (exact) mass is 348 g/mol. The molecule has 1 aliphatic carbocycles. The Morgan fingerprint density at radius 1 is 1.24 bits per heavy atom. The first-order valence-electron chi connectivity index (χ1n) is 9.40. The summed E-state index contributed by atoms with van der Waals surface area (Å²) < 4.78 is 11.3. The molecule has 0 unspecified atom stereocenters. The highest BCUT2D eigenvalue weighted by Crippen LogP contribution is 2.28. The second kappa shape index (κ2) is 10.4. The second-order valence-electron chi connectivity index (χ2n) is 6.80. The lowest BCUT2D eigenvalue weighted by Gasteiger charge is -2.19. The number of rotatable bonds is 8. The van der Waals surface area contributed by atoms with Gasteiger partial charge < -0.3 is 20.1 Å². The minimum Gasteiger partial charge on any atom is -0.495 e. The zero-order chi connectivity index (χ0) is 18.1. The van der Waals surface area contributed by atoms with Crippen LogP contribution < -0.4 is 15.4 Å². The summed E-state index contributed by atoms with van der Waals surface area (Å²) in [4.78, 5) is 11.3. The molecule has 1 aromatic carbocycles. The van der Waals surface area contributed by atoms with Crippen molar-refractivity contribution < 1.29 is 14.3 Å². The van der Waals surface area contributed by atoms with Gasteiger partial charge in [-0.3, -0.25) is 4.79 Å². The highest BCUT2D eigenvalue weighted by Gasteiger charge is 2.13. The van der Waals surface area contributed by atoms with Crippen molar-refractivity contribution in [1.29, 1.82) is 0 Å². The van der Waals surface area contributed by atoms with Crippen molar-refractivity contribution in [2.45, 2.75) is 64.5 Å². The Labute approximate surface area is 151 Å². The number of hydrogen-bond acceptors (Lipinski definition) is 4. The Balaban J connectivity index is 1.81. The number of hydrogen-bond donors (Lipinski definition) is 2. The van der Waals surface area contributed by atoms with Gasteiger partial charge in [0.1, 0.15) is 5.75 Å². The van der Waals surface area contributed by atoms with Crippen LogP contribution in [0.4, 0.5) is 5.69 Å². The number of amides is 1. The van der Waals surface area contributed by atoms with Gasteiger partial charge in [-0.1, -0.05) is 31.7 Å². The van der Waals surface area contributed by atoms with Crippen LogP contribution in [0.15, 0.2) is 18.2 Å². The van der Waals surface area contributed by atoms with Crippen molar-refractivity contribution in [3.8, 4) is 5.75 Å². The molecule has 5 nitrogen and oxygen atoms in total. The summed E-state index contributed by atoms with van der Waals surface area (Å²) in [7, 11) is 1.60. The highest BCUT2D eigenvalue weighted by molar-refractivity contribution is 5.90. The summed E-state index contributed by atoms with van der Waals surface area (Å²) in [5, 5.41) is 6.31. The van der Waals surface area contributed by atoms with Gasteiger partial charge in [0.15, 0.2) is 0 Å². The van der Waals surface area contributed by atoms with Crippen molar-refractivity contribution in [2.75, 3.05) is 25.6 Å². The van der Waals surface area contributed by atoms with E-state index in [1.165, 1.54) is 45.4 Å². The highest BCUT2D eigenvalue weighted by atomic mass is 16.5. The molecule has 0 heterocycles. The summed E-state index contributed by atoms with van der Waals surface area (Å²) in [6.45, 7) is 5.17. The van der Waals surface area contributed by atoms with Crippen LogP contribution in [0.2, 0.25) is 0 Å². The van der Waals surface area contributed by atoms with E-state index in [4.69, 9.17) is 9.47 Å². The van der Waals surface area contributed by atoms with Crippen molar-refractivity contribution in [3.63, 3.8) is 0 Å². The first-order chi connectivity index (χ1) is 12.1. The largest absolute Gasteiger partial charge is 0.495 e. The number of methoxy groups -OCH3 is 1. The Kier molecular flexibility index (Phi) is 8.22. The molecule has 0 spiro atoms. The third kappa shape index (κ3) is 6.67. The standard InChI is InChI=1S/C20H32N2O3/c1-15(21-12-13-25-18-8-6-4-5-7-9-18)17-10-11-20(24-3)19(14-17)22-16(2)23/h10-11,14-15,18,21H,4-9,12-13H2,1-3H3,(H,22,23)/t15-/m0/s1. The molecule has 1 aliphatic rings. The van der Waals surface area contributed by atoms with E-state index in [1.54, 1.807) is 7.11 Å². The predicted molar refractivity (Wildman–Crippen MR) is 101 cm³/mol. The van der Waals surface area contributed by atoms with Crippen LogP contribution in [0.25, 0.3) is 0 Å². The van der Waals surface area contributed by atoms with Gasteiger partial charge in [-0.15, -0.1) is 0 Å². The zero-order valence-electron chi connectivity index (χ0n) is 15.8. The smallest absolute Gasteiger partial charge is 0.221 e. The Morgan fingerprint density at radius 3 is 2.60 bits per heavy atom. The molecular formula is C20H32N2O3. The maximum Gasteiger partial charge on any atom is 0.221 e. The van der Waals surface area contributed by atoms with Crippen molar-refractivity contribution in [3.05, 3.63) is 23.8 Å². The molecule has 1 atom stereocenters. The summed E-state index contributed by atoms with van der Waals surface area (Å²) in [5.41, 5.74) is 1.81. The van der Waals surface area contributed by atoms with Gasteiger partial charge in [0.2, 0.25) is 5.91 Å². The minimum absolute atomic E-state index is 0.104. The van der Waals surface area contributed by atoms with Crippen LogP contribution in [0.3, 0.4) is 0 Å². The zero-order valence-corrected chi connectivity index (χ0v) is 15.8. The molecule has 0 radical (unpaired) electrons. The van der Waals surface area contributed by atoms with Gasteiger partial charge in [0.05, 0.1) is 25.5 Å². The van der Waals surface area contributed by atoms with Crippen LogP contribution in [0, 0.1) is 0 Å². The lowest BCUT2D eigenvalue weighted by molar-refractivity contribution is -0.114. The third-order valence-electron chi connectivity index (χ3n) is 4.74. The lowest BCUT2D eigenvalue weighted by atomic mass is 10.1. The Hall–Kier alpha value is -1.59. The Bertz CT molecular complexity index is 540. The quantitative estimate of drug-likeness (QED) is 0.550.